The quantitative estimate of drug-likeness (QED) is 0.884. The van der Waals surface area contributed by atoms with Gasteiger partial charge in [-0.25, -0.2) is 4.79 Å². The Kier molecular flexibility index (Phi) is 4.76. The fourth-order valence-electron chi connectivity index (χ4n) is 3.14. The molecule has 1 atom stereocenters. The number of amides is 2. The number of hydrogen-bond acceptors (Lipinski definition) is 3. The molecule has 6 nitrogen and oxygen atoms in total. The minimum absolute atomic E-state index is 0.00577. The number of aromatic nitrogens is 1. The molecule has 1 aromatic heterocycles. The van der Waals surface area contributed by atoms with Crippen molar-refractivity contribution in [2.75, 3.05) is 11.9 Å². The van der Waals surface area contributed by atoms with Crippen molar-refractivity contribution in [2.45, 2.75) is 45.9 Å². The van der Waals surface area contributed by atoms with Crippen LogP contribution in [0.2, 0.25) is 0 Å². The fraction of sp³-hybridized carbons (Fsp3) is 0.400. The van der Waals surface area contributed by atoms with E-state index in [-0.39, 0.29) is 11.9 Å². The molecule has 26 heavy (non-hydrogen) atoms. The summed E-state index contributed by atoms with van der Waals surface area (Å²) in [5, 5.41) is 2.67. The number of nitrogens with zero attached hydrogens (tertiary/aromatic N) is 2. The van der Waals surface area contributed by atoms with Gasteiger partial charge in [0, 0.05) is 36.2 Å². The first-order valence-electron chi connectivity index (χ1n) is 8.81. The molecular formula is C20H25N3O3. The molecule has 0 unspecified atom stereocenters. The molecule has 0 fully saturated rings. The third-order valence-electron chi connectivity index (χ3n) is 4.38. The van der Waals surface area contributed by atoms with Crippen LogP contribution in [0.4, 0.5) is 10.5 Å². The normalized spacial score (nSPS) is 16.8. The van der Waals surface area contributed by atoms with Gasteiger partial charge in [0.2, 0.25) is 0 Å². The van der Waals surface area contributed by atoms with Gasteiger partial charge in [-0.3, -0.25) is 10.1 Å². The Bertz CT molecular complexity index is 802. The van der Waals surface area contributed by atoms with Gasteiger partial charge < -0.3 is 14.2 Å². The summed E-state index contributed by atoms with van der Waals surface area (Å²) in [4.78, 5) is 26.6. The second-order valence-electron chi connectivity index (χ2n) is 7.51. The van der Waals surface area contributed by atoms with Crippen LogP contribution in [0, 0.1) is 0 Å². The molecule has 1 aliphatic heterocycles. The van der Waals surface area contributed by atoms with Crippen molar-refractivity contribution in [3.63, 3.8) is 0 Å². The monoisotopic (exact) mass is 355 g/mol. The molecule has 1 aliphatic rings. The summed E-state index contributed by atoms with van der Waals surface area (Å²) in [7, 11) is 0. The number of carbonyl (C=O) groups is 2. The van der Waals surface area contributed by atoms with Crippen LogP contribution in [-0.2, 0) is 11.3 Å². The van der Waals surface area contributed by atoms with Gasteiger partial charge in [0.15, 0.2) is 0 Å². The molecule has 6 heteroatoms. The molecule has 138 valence electrons. The van der Waals surface area contributed by atoms with Gasteiger partial charge in [-0.05, 0) is 64.1 Å². The number of carbonyl (C=O) groups excluding carboxylic acids is 2. The van der Waals surface area contributed by atoms with Crippen molar-refractivity contribution in [1.29, 1.82) is 0 Å². The Labute approximate surface area is 153 Å². The SMILES string of the molecule is C[C@H]1c2cccn2CCN1C(=O)c1ccc(NC(=O)OC(C)(C)C)cc1. The van der Waals surface area contributed by atoms with Crippen LogP contribution in [0.1, 0.15) is 49.8 Å². The predicted molar refractivity (Wildman–Crippen MR) is 100 cm³/mol. The second kappa shape index (κ2) is 6.86. The molecule has 2 heterocycles. The molecule has 2 aromatic rings. The summed E-state index contributed by atoms with van der Waals surface area (Å²) in [5.41, 5.74) is 1.79. The lowest BCUT2D eigenvalue weighted by Crippen LogP contribution is -2.40. The lowest BCUT2D eigenvalue weighted by molar-refractivity contribution is 0.0631. The van der Waals surface area contributed by atoms with E-state index in [0.717, 1.165) is 12.2 Å². The number of nitrogens with one attached hydrogen (secondary N) is 1. The van der Waals surface area contributed by atoms with Crippen molar-refractivity contribution in [2.24, 2.45) is 0 Å². The average molecular weight is 355 g/mol. The first-order valence-corrected chi connectivity index (χ1v) is 8.81. The van der Waals surface area contributed by atoms with Crippen LogP contribution in [0.3, 0.4) is 0 Å². The number of benzene rings is 1. The Morgan fingerprint density at radius 3 is 2.46 bits per heavy atom. The van der Waals surface area contributed by atoms with Crippen LogP contribution >= 0.6 is 0 Å². The highest BCUT2D eigenvalue weighted by Gasteiger charge is 2.28. The summed E-state index contributed by atoms with van der Waals surface area (Å²) in [5.74, 6) is -0.00577. The molecule has 3 rings (SSSR count). The molecule has 1 N–H and O–H groups in total. The second-order valence-corrected chi connectivity index (χ2v) is 7.51. The Morgan fingerprint density at radius 1 is 1.12 bits per heavy atom. The van der Waals surface area contributed by atoms with E-state index in [9.17, 15) is 9.59 Å². The third kappa shape index (κ3) is 3.90. The number of rotatable bonds is 2. The van der Waals surface area contributed by atoms with Crippen LogP contribution in [0.5, 0.6) is 0 Å². The number of ether oxygens (including phenoxy) is 1. The topological polar surface area (TPSA) is 63.6 Å². The minimum Gasteiger partial charge on any atom is -0.444 e. The smallest absolute Gasteiger partial charge is 0.412 e. The van der Waals surface area contributed by atoms with Crippen molar-refractivity contribution in [1.82, 2.24) is 9.47 Å². The molecule has 1 aromatic carbocycles. The van der Waals surface area contributed by atoms with Crippen molar-refractivity contribution in [3.05, 3.63) is 53.9 Å². The summed E-state index contributed by atoms with van der Waals surface area (Å²) >= 11 is 0. The first kappa shape index (κ1) is 18.0. The van der Waals surface area contributed by atoms with Crippen molar-refractivity contribution >= 4 is 17.7 Å². The van der Waals surface area contributed by atoms with E-state index in [1.165, 1.54) is 0 Å². The highest BCUT2D eigenvalue weighted by molar-refractivity contribution is 5.95. The lowest BCUT2D eigenvalue weighted by Gasteiger charge is -2.35. The molecule has 0 saturated carbocycles. The van der Waals surface area contributed by atoms with Gasteiger partial charge in [-0.15, -0.1) is 0 Å². The molecule has 0 bridgehead atoms. The predicted octanol–water partition coefficient (Wildman–Crippen LogP) is 4.05. The molecule has 0 aliphatic carbocycles. The molecule has 0 spiro atoms. The van der Waals surface area contributed by atoms with Gasteiger partial charge in [0.1, 0.15) is 5.60 Å². The van der Waals surface area contributed by atoms with Crippen LogP contribution in [0.25, 0.3) is 0 Å². The fourth-order valence-corrected chi connectivity index (χ4v) is 3.14. The van der Waals surface area contributed by atoms with E-state index < -0.39 is 11.7 Å². The summed E-state index contributed by atoms with van der Waals surface area (Å²) in [6.45, 7) is 8.96. The summed E-state index contributed by atoms with van der Waals surface area (Å²) in [6, 6.07) is 11.0. The summed E-state index contributed by atoms with van der Waals surface area (Å²) in [6.07, 6.45) is 1.53. The largest absolute Gasteiger partial charge is 0.444 e. The van der Waals surface area contributed by atoms with Crippen LogP contribution < -0.4 is 5.32 Å². The maximum Gasteiger partial charge on any atom is 0.412 e. The molecule has 2 amide bonds. The van der Waals surface area contributed by atoms with Gasteiger partial charge in [-0.1, -0.05) is 0 Å². The molecule has 0 saturated heterocycles. The van der Waals surface area contributed by atoms with Gasteiger partial charge in [0.25, 0.3) is 5.91 Å². The van der Waals surface area contributed by atoms with Crippen LogP contribution in [0.15, 0.2) is 42.6 Å². The zero-order chi connectivity index (χ0) is 18.9. The van der Waals surface area contributed by atoms with Crippen LogP contribution in [-0.4, -0.2) is 33.6 Å². The van der Waals surface area contributed by atoms with E-state index in [1.54, 1.807) is 24.3 Å². The Balaban J connectivity index is 1.67. The standard InChI is InChI=1S/C20H25N3O3/c1-14-17-6-5-11-22(17)12-13-23(14)18(24)15-7-9-16(10-8-15)21-19(25)26-20(2,3)4/h5-11,14H,12-13H2,1-4H3,(H,21,25)/t14-/m0/s1. The Morgan fingerprint density at radius 2 is 1.81 bits per heavy atom. The van der Waals surface area contributed by atoms with Gasteiger partial charge in [-0.2, -0.15) is 0 Å². The van der Waals surface area contributed by atoms with E-state index in [0.29, 0.717) is 17.8 Å². The van der Waals surface area contributed by atoms with Gasteiger partial charge in [0.05, 0.1) is 6.04 Å². The number of anilines is 1. The van der Waals surface area contributed by atoms with Crippen molar-refractivity contribution in [3.8, 4) is 0 Å². The highest BCUT2D eigenvalue weighted by atomic mass is 16.6. The number of hydrogen-bond donors (Lipinski definition) is 1. The zero-order valence-electron chi connectivity index (χ0n) is 15.7. The van der Waals surface area contributed by atoms with E-state index in [2.05, 4.69) is 16.0 Å². The van der Waals surface area contributed by atoms with E-state index >= 15 is 0 Å². The average Bonchev–Trinajstić information content (AvgIpc) is 3.03. The maximum atomic E-state index is 12.9. The lowest BCUT2D eigenvalue weighted by atomic mass is 10.1. The third-order valence-corrected chi connectivity index (χ3v) is 4.38. The summed E-state index contributed by atoms with van der Waals surface area (Å²) < 4.78 is 7.41. The van der Waals surface area contributed by atoms with E-state index in [4.69, 9.17) is 4.74 Å². The Hall–Kier alpha value is -2.76. The molecular weight excluding hydrogens is 330 g/mol. The van der Waals surface area contributed by atoms with Gasteiger partial charge >= 0.3 is 6.09 Å². The van der Waals surface area contributed by atoms with Crippen molar-refractivity contribution < 1.29 is 14.3 Å². The zero-order valence-corrected chi connectivity index (χ0v) is 15.7. The highest BCUT2D eigenvalue weighted by Crippen LogP contribution is 2.27. The number of fused-ring (bicyclic) bond motifs is 1. The maximum absolute atomic E-state index is 12.9. The first-order chi connectivity index (χ1) is 12.2. The minimum atomic E-state index is -0.554. The molecule has 0 radical (unpaired) electrons. The van der Waals surface area contributed by atoms with E-state index in [1.807, 2.05) is 44.9 Å².